The maximum atomic E-state index is 14.4. The molecule has 2 aromatic rings. The number of benzene rings is 2. The molecule has 1 aliphatic rings. The first-order valence-electron chi connectivity index (χ1n) is 8.47. The van der Waals surface area contributed by atoms with Gasteiger partial charge in [-0.25, -0.2) is 4.39 Å². The lowest BCUT2D eigenvalue weighted by Gasteiger charge is -2.17. The number of aliphatic imine (C=N–C) groups is 1. The zero-order valence-electron chi connectivity index (χ0n) is 15.8. The highest BCUT2D eigenvalue weighted by Gasteiger charge is 2.24. The molecule has 0 amide bonds. The molecule has 2 aromatic carbocycles. The summed E-state index contributed by atoms with van der Waals surface area (Å²) in [5, 5.41) is 9.49. The largest absolute Gasteiger partial charge is 0.453 e. The Morgan fingerprint density at radius 3 is 2.66 bits per heavy atom. The quantitative estimate of drug-likeness (QED) is 0.804. The summed E-state index contributed by atoms with van der Waals surface area (Å²) in [5.41, 5.74) is 0.325. The Morgan fingerprint density at radius 1 is 1.28 bits per heavy atom. The van der Waals surface area contributed by atoms with Gasteiger partial charge in [-0.15, -0.1) is 0 Å². The van der Waals surface area contributed by atoms with Crippen molar-refractivity contribution in [3.8, 4) is 17.6 Å². The van der Waals surface area contributed by atoms with Crippen molar-refractivity contribution in [2.45, 2.75) is 6.92 Å². The topological polar surface area (TPSA) is 112 Å². The minimum Gasteiger partial charge on any atom is -0.453 e. The number of carbonyl (C=O) groups is 1. The minimum absolute atomic E-state index is 0.115. The first-order valence-corrected chi connectivity index (χ1v) is 9.91. The van der Waals surface area contributed by atoms with Gasteiger partial charge in [0, 0.05) is 25.9 Å². The van der Waals surface area contributed by atoms with E-state index in [-0.39, 0.29) is 22.8 Å². The van der Waals surface area contributed by atoms with Crippen molar-refractivity contribution >= 4 is 33.6 Å². The molecule has 3 rings (SSSR count). The van der Waals surface area contributed by atoms with E-state index in [1.807, 2.05) is 0 Å². The van der Waals surface area contributed by atoms with Crippen molar-refractivity contribution in [2.24, 2.45) is 10.9 Å². The van der Waals surface area contributed by atoms with Gasteiger partial charge in [-0.1, -0.05) is 6.92 Å². The van der Waals surface area contributed by atoms with Crippen LogP contribution in [0.5, 0.6) is 11.5 Å². The smallest absolute Gasteiger partial charge is 0.301 e. The molecular weight excluding hydrogens is 399 g/mol. The van der Waals surface area contributed by atoms with Crippen LogP contribution in [0.3, 0.4) is 0 Å². The molecule has 0 bridgehead atoms. The van der Waals surface area contributed by atoms with E-state index in [2.05, 4.69) is 9.71 Å². The van der Waals surface area contributed by atoms with Crippen LogP contribution in [0, 0.1) is 23.1 Å². The number of carbonyl (C=O) groups excluding carboxylic acids is 1. The van der Waals surface area contributed by atoms with Gasteiger partial charge in [0.2, 0.25) is 0 Å². The number of halogens is 1. The highest BCUT2D eigenvalue weighted by molar-refractivity contribution is 7.90. The van der Waals surface area contributed by atoms with Crippen LogP contribution in [-0.2, 0) is 10.2 Å². The van der Waals surface area contributed by atoms with Crippen LogP contribution in [0.25, 0.3) is 0 Å². The van der Waals surface area contributed by atoms with Crippen LogP contribution in [-0.4, -0.2) is 38.8 Å². The molecule has 150 valence electrons. The second kappa shape index (κ2) is 7.62. The third-order valence-corrected chi connectivity index (χ3v) is 5.68. The molecule has 1 N–H and O–H groups in total. The lowest BCUT2D eigenvalue weighted by atomic mass is 9.96. The van der Waals surface area contributed by atoms with Gasteiger partial charge in [0.25, 0.3) is 0 Å². The number of anilines is 1. The van der Waals surface area contributed by atoms with Gasteiger partial charge in [0.1, 0.15) is 17.4 Å². The molecule has 29 heavy (non-hydrogen) atoms. The highest BCUT2D eigenvalue weighted by atomic mass is 32.2. The zero-order valence-corrected chi connectivity index (χ0v) is 16.6. The Morgan fingerprint density at radius 2 is 2.00 bits per heavy atom. The Balaban J connectivity index is 2.02. The Kier molecular flexibility index (Phi) is 5.37. The summed E-state index contributed by atoms with van der Waals surface area (Å²) in [6.45, 7) is 1.70. The van der Waals surface area contributed by atoms with Crippen LogP contribution in [0.15, 0.2) is 35.3 Å². The first-order chi connectivity index (χ1) is 13.6. The molecule has 1 aliphatic heterocycles. The second-order valence-electron chi connectivity index (χ2n) is 6.51. The fourth-order valence-electron chi connectivity index (χ4n) is 2.59. The number of nitriles is 1. The number of ketones is 1. The molecule has 1 unspecified atom stereocenters. The molecule has 0 aromatic heterocycles. The number of hydrogen-bond donors (Lipinski definition) is 1. The van der Waals surface area contributed by atoms with E-state index in [0.29, 0.717) is 11.3 Å². The molecule has 8 nitrogen and oxygen atoms in total. The summed E-state index contributed by atoms with van der Waals surface area (Å²) >= 11 is 0. The summed E-state index contributed by atoms with van der Waals surface area (Å²) < 4.78 is 47.2. The molecule has 0 fully saturated rings. The number of nitrogens with one attached hydrogen (secondary N) is 1. The first kappa shape index (κ1) is 20.4. The molecule has 0 radical (unpaired) electrons. The highest BCUT2D eigenvalue weighted by Crippen LogP contribution is 2.36. The maximum Gasteiger partial charge on any atom is 0.301 e. The predicted molar refractivity (Wildman–Crippen MR) is 106 cm³/mol. The van der Waals surface area contributed by atoms with Gasteiger partial charge < -0.3 is 4.74 Å². The molecule has 1 atom stereocenters. The Bertz CT molecular complexity index is 1170. The van der Waals surface area contributed by atoms with Crippen LogP contribution < -0.4 is 9.46 Å². The summed E-state index contributed by atoms with van der Waals surface area (Å²) in [4.78, 5) is 16.5. The normalized spacial score (nSPS) is 15.7. The second-order valence-corrected chi connectivity index (χ2v) is 8.40. The lowest BCUT2D eigenvalue weighted by molar-refractivity contribution is 0.0962. The Labute approximate surface area is 167 Å². The molecule has 0 saturated heterocycles. The molecule has 0 aliphatic carbocycles. The van der Waals surface area contributed by atoms with Gasteiger partial charge in [-0.3, -0.25) is 14.5 Å². The van der Waals surface area contributed by atoms with Crippen molar-refractivity contribution in [1.82, 2.24) is 4.31 Å². The van der Waals surface area contributed by atoms with Gasteiger partial charge in [-0.05, 0) is 30.3 Å². The zero-order chi connectivity index (χ0) is 21.3. The fourth-order valence-corrected chi connectivity index (χ4v) is 3.23. The summed E-state index contributed by atoms with van der Waals surface area (Å²) in [5.74, 6) is -1.75. The molecule has 10 heteroatoms. The van der Waals surface area contributed by atoms with Crippen molar-refractivity contribution in [3.63, 3.8) is 0 Å². The summed E-state index contributed by atoms with van der Waals surface area (Å²) in [6.07, 6.45) is 1.54. The van der Waals surface area contributed by atoms with E-state index < -0.39 is 27.7 Å². The molecule has 0 saturated carbocycles. The number of fused-ring (bicyclic) bond motifs is 1. The summed E-state index contributed by atoms with van der Waals surface area (Å²) in [6, 6.07) is 8.33. The number of Topliss-reactive ketones (excluding diaryl/α,β-unsaturated/α-hetero) is 1. The molecule has 0 spiro atoms. The predicted octanol–water partition coefficient (Wildman–Crippen LogP) is 3.24. The van der Waals surface area contributed by atoms with Crippen LogP contribution in [0.1, 0.15) is 22.8 Å². The van der Waals surface area contributed by atoms with Crippen molar-refractivity contribution in [1.29, 1.82) is 5.26 Å². The van der Waals surface area contributed by atoms with Gasteiger partial charge in [0.15, 0.2) is 17.3 Å². The number of nitrogens with zero attached hydrogens (tertiary/aromatic N) is 3. The van der Waals surface area contributed by atoms with E-state index in [0.717, 1.165) is 16.4 Å². The van der Waals surface area contributed by atoms with Crippen LogP contribution in [0.4, 0.5) is 15.8 Å². The minimum atomic E-state index is -3.92. The third kappa shape index (κ3) is 3.96. The van der Waals surface area contributed by atoms with Gasteiger partial charge >= 0.3 is 10.2 Å². The van der Waals surface area contributed by atoms with Crippen LogP contribution in [0.2, 0.25) is 0 Å². The third-order valence-electron chi connectivity index (χ3n) is 4.25. The SMILES string of the molecule is CC1C=Nc2ccc(Oc3c(F)ccc(NS(=O)(=O)N(C)C)c3C#N)cc2C1=O. The molecular formula is C19H17FN4O4S. The van der Waals surface area contributed by atoms with Crippen molar-refractivity contribution in [2.75, 3.05) is 18.8 Å². The van der Waals surface area contributed by atoms with Gasteiger partial charge in [-0.2, -0.15) is 18.0 Å². The standard InChI is InChI=1S/C19H17FN4O4S/c1-11-10-22-16-6-4-12(8-13(16)18(11)25)28-19-14(9-21)17(7-5-15(19)20)23-29(26,27)24(2)3/h4-8,10-11,23H,1-3H3. The van der Waals surface area contributed by atoms with Gasteiger partial charge in [0.05, 0.1) is 17.3 Å². The van der Waals surface area contributed by atoms with Crippen molar-refractivity contribution < 1.29 is 22.3 Å². The number of rotatable bonds is 5. The van der Waals surface area contributed by atoms with E-state index in [4.69, 9.17) is 4.74 Å². The van der Waals surface area contributed by atoms with E-state index in [1.54, 1.807) is 25.3 Å². The molecule has 1 heterocycles. The average molecular weight is 416 g/mol. The number of hydrogen-bond acceptors (Lipinski definition) is 6. The summed E-state index contributed by atoms with van der Waals surface area (Å²) in [7, 11) is -1.30. The van der Waals surface area contributed by atoms with E-state index >= 15 is 0 Å². The maximum absolute atomic E-state index is 14.4. The monoisotopic (exact) mass is 416 g/mol. The Hall–Kier alpha value is -3.29. The fraction of sp³-hybridized carbons (Fsp3) is 0.211. The van der Waals surface area contributed by atoms with E-state index in [1.165, 1.54) is 26.2 Å². The number of ether oxygens (including phenoxy) is 1. The van der Waals surface area contributed by atoms with Crippen molar-refractivity contribution in [3.05, 3.63) is 47.3 Å². The average Bonchev–Trinajstić information content (AvgIpc) is 2.67. The van der Waals surface area contributed by atoms with E-state index in [9.17, 15) is 22.9 Å². The lowest BCUT2D eigenvalue weighted by Crippen LogP contribution is -2.29. The van der Waals surface area contributed by atoms with Crippen LogP contribution >= 0.6 is 0 Å².